The number of carbonyl (C=O) groups excluding carboxylic acids is 1. The third-order valence-electron chi connectivity index (χ3n) is 5.40. The molecule has 1 unspecified atom stereocenters. The van der Waals surface area contributed by atoms with E-state index < -0.39 is 0 Å². The molecule has 23 heavy (non-hydrogen) atoms. The summed E-state index contributed by atoms with van der Waals surface area (Å²) in [6.07, 6.45) is 7.62. The van der Waals surface area contributed by atoms with Gasteiger partial charge in [0.25, 0.3) is 0 Å². The number of fused-ring (bicyclic) bond motifs is 1. The van der Waals surface area contributed by atoms with Gasteiger partial charge in [-0.3, -0.25) is 4.79 Å². The zero-order valence-corrected chi connectivity index (χ0v) is 14.9. The molecule has 1 aliphatic carbocycles. The first-order chi connectivity index (χ1) is 10.6. The first-order valence-corrected chi connectivity index (χ1v) is 8.77. The van der Waals surface area contributed by atoms with Gasteiger partial charge in [0.2, 0.25) is 5.91 Å². The van der Waals surface area contributed by atoms with Crippen molar-refractivity contribution in [1.82, 2.24) is 4.90 Å². The average molecular weight is 337 g/mol. The normalized spacial score (nSPS) is 19.7. The standard InChI is InChI=1S/C19H28N2O.ClH/c1-14(20)16-8-10-21(11-9-16)19(22)13-15-6-7-17-4-2-3-5-18(17)12-15;/h6-7,12,14,16H,2-5,8-11,13,20H2,1H3;1H. The maximum absolute atomic E-state index is 12.5. The van der Waals surface area contributed by atoms with E-state index in [1.165, 1.54) is 42.4 Å². The summed E-state index contributed by atoms with van der Waals surface area (Å²) in [4.78, 5) is 14.5. The van der Waals surface area contributed by atoms with Crippen molar-refractivity contribution in [3.8, 4) is 0 Å². The van der Waals surface area contributed by atoms with Crippen molar-refractivity contribution in [3.05, 3.63) is 34.9 Å². The highest BCUT2D eigenvalue weighted by Gasteiger charge is 2.24. The van der Waals surface area contributed by atoms with Crippen molar-refractivity contribution in [2.45, 2.75) is 57.9 Å². The van der Waals surface area contributed by atoms with E-state index in [4.69, 9.17) is 5.73 Å². The molecule has 1 fully saturated rings. The van der Waals surface area contributed by atoms with E-state index in [9.17, 15) is 4.79 Å². The number of aryl methyl sites for hydroxylation is 2. The Labute approximate surface area is 146 Å². The summed E-state index contributed by atoms with van der Waals surface area (Å²) in [6.45, 7) is 3.82. The molecule has 3 rings (SSSR count). The van der Waals surface area contributed by atoms with Crippen molar-refractivity contribution in [3.63, 3.8) is 0 Å². The van der Waals surface area contributed by atoms with Crippen molar-refractivity contribution in [2.75, 3.05) is 13.1 Å². The maximum Gasteiger partial charge on any atom is 0.226 e. The van der Waals surface area contributed by atoms with Crippen molar-refractivity contribution in [2.24, 2.45) is 11.7 Å². The predicted octanol–water partition coefficient (Wildman–Crippen LogP) is 3.12. The van der Waals surface area contributed by atoms with E-state index in [1.807, 2.05) is 4.90 Å². The predicted molar refractivity (Wildman–Crippen MR) is 97.0 cm³/mol. The first kappa shape index (κ1) is 18.3. The fourth-order valence-corrected chi connectivity index (χ4v) is 3.86. The molecule has 1 aliphatic heterocycles. The molecule has 1 amide bonds. The molecular weight excluding hydrogens is 308 g/mol. The number of nitrogens with zero attached hydrogens (tertiary/aromatic N) is 1. The summed E-state index contributed by atoms with van der Waals surface area (Å²) in [5, 5.41) is 0. The van der Waals surface area contributed by atoms with Gasteiger partial charge >= 0.3 is 0 Å². The average Bonchev–Trinajstić information content (AvgIpc) is 2.55. The molecule has 0 spiro atoms. The number of hydrogen-bond donors (Lipinski definition) is 1. The second kappa shape index (κ2) is 8.16. The summed E-state index contributed by atoms with van der Waals surface area (Å²) in [5.74, 6) is 0.853. The summed E-state index contributed by atoms with van der Waals surface area (Å²) >= 11 is 0. The van der Waals surface area contributed by atoms with E-state index in [1.54, 1.807) is 0 Å². The number of rotatable bonds is 3. The molecule has 0 aromatic heterocycles. The van der Waals surface area contributed by atoms with Crippen LogP contribution in [-0.2, 0) is 24.1 Å². The molecule has 0 radical (unpaired) electrons. The van der Waals surface area contributed by atoms with E-state index in [0.717, 1.165) is 25.9 Å². The maximum atomic E-state index is 12.5. The number of nitrogens with two attached hydrogens (primary N) is 1. The van der Waals surface area contributed by atoms with Crippen LogP contribution in [0.15, 0.2) is 18.2 Å². The largest absolute Gasteiger partial charge is 0.342 e. The Morgan fingerprint density at radius 2 is 1.87 bits per heavy atom. The zero-order chi connectivity index (χ0) is 15.5. The van der Waals surface area contributed by atoms with Crippen LogP contribution in [0.1, 0.15) is 49.3 Å². The van der Waals surface area contributed by atoms with E-state index in [-0.39, 0.29) is 24.4 Å². The number of amides is 1. The number of halogens is 1. The number of piperidine rings is 1. The third-order valence-corrected chi connectivity index (χ3v) is 5.40. The molecule has 2 aliphatic rings. The lowest BCUT2D eigenvalue weighted by Crippen LogP contribution is -2.43. The van der Waals surface area contributed by atoms with Crippen molar-refractivity contribution >= 4 is 18.3 Å². The molecule has 1 atom stereocenters. The highest BCUT2D eigenvalue weighted by atomic mass is 35.5. The van der Waals surface area contributed by atoms with Crippen LogP contribution >= 0.6 is 12.4 Å². The lowest BCUT2D eigenvalue weighted by Gasteiger charge is -2.33. The highest BCUT2D eigenvalue weighted by Crippen LogP contribution is 2.24. The van der Waals surface area contributed by atoms with Crippen LogP contribution in [0.5, 0.6) is 0 Å². The lowest BCUT2D eigenvalue weighted by molar-refractivity contribution is -0.131. The van der Waals surface area contributed by atoms with Crippen molar-refractivity contribution in [1.29, 1.82) is 0 Å². The van der Waals surface area contributed by atoms with Crippen LogP contribution < -0.4 is 5.73 Å². The van der Waals surface area contributed by atoms with E-state index >= 15 is 0 Å². The fourth-order valence-electron chi connectivity index (χ4n) is 3.86. The van der Waals surface area contributed by atoms with Gasteiger partial charge in [0.15, 0.2) is 0 Å². The van der Waals surface area contributed by atoms with Gasteiger partial charge in [0.05, 0.1) is 6.42 Å². The van der Waals surface area contributed by atoms with Gasteiger partial charge in [-0.2, -0.15) is 0 Å². The molecule has 1 aromatic carbocycles. The van der Waals surface area contributed by atoms with Crippen molar-refractivity contribution < 1.29 is 4.79 Å². The summed E-state index contributed by atoms with van der Waals surface area (Å²) in [7, 11) is 0. The van der Waals surface area contributed by atoms with Gasteiger partial charge in [-0.05, 0) is 68.1 Å². The molecule has 3 nitrogen and oxygen atoms in total. The number of carbonyl (C=O) groups is 1. The van der Waals surface area contributed by atoms with Gasteiger partial charge in [0.1, 0.15) is 0 Å². The number of benzene rings is 1. The van der Waals surface area contributed by atoms with Gasteiger partial charge in [-0.15, -0.1) is 12.4 Å². The minimum absolute atomic E-state index is 0. The van der Waals surface area contributed by atoms with Crippen LogP contribution in [0, 0.1) is 5.92 Å². The van der Waals surface area contributed by atoms with Crippen LogP contribution in [0.4, 0.5) is 0 Å². The Bertz CT molecular complexity index is 536. The molecule has 128 valence electrons. The SMILES string of the molecule is CC(N)C1CCN(C(=O)Cc2ccc3c(c2)CCCC3)CC1.Cl. The zero-order valence-electron chi connectivity index (χ0n) is 14.1. The quantitative estimate of drug-likeness (QED) is 0.921. The third kappa shape index (κ3) is 4.48. The summed E-state index contributed by atoms with van der Waals surface area (Å²) in [6, 6.07) is 6.90. The Morgan fingerprint density at radius 3 is 2.52 bits per heavy atom. The van der Waals surface area contributed by atoms with Gasteiger partial charge < -0.3 is 10.6 Å². The highest BCUT2D eigenvalue weighted by molar-refractivity contribution is 5.85. The molecule has 1 saturated heterocycles. The molecule has 0 saturated carbocycles. The summed E-state index contributed by atoms with van der Waals surface area (Å²) < 4.78 is 0. The van der Waals surface area contributed by atoms with E-state index in [2.05, 4.69) is 25.1 Å². The smallest absolute Gasteiger partial charge is 0.226 e. The lowest BCUT2D eigenvalue weighted by atomic mass is 9.89. The molecule has 2 N–H and O–H groups in total. The molecular formula is C19H29ClN2O. The topological polar surface area (TPSA) is 46.3 Å². The van der Waals surface area contributed by atoms with Gasteiger partial charge in [-0.1, -0.05) is 18.2 Å². The summed E-state index contributed by atoms with van der Waals surface area (Å²) in [5.41, 5.74) is 10.1. The fraction of sp³-hybridized carbons (Fsp3) is 0.632. The molecule has 1 heterocycles. The Kier molecular flexibility index (Phi) is 6.49. The molecule has 1 aromatic rings. The second-order valence-electron chi connectivity index (χ2n) is 7.06. The Hall–Kier alpha value is -1.06. The minimum Gasteiger partial charge on any atom is -0.342 e. The van der Waals surface area contributed by atoms with Crippen LogP contribution in [0.3, 0.4) is 0 Å². The van der Waals surface area contributed by atoms with E-state index in [0.29, 0.717) is 12.3 Å². The molecule has 4 heteroatoms. The Balaban J connectivity index is 0.00000192. The number of hydrogen-bond acceptors (Lipinski definition) is 2. The first-order valence-electron chi connectivity index (χ1n) is 8.77. The monoisotopic (exact) mass is 336 g/mol. The second-order valence-corrected chi connectivity index (χ2v) is 7.06. The Morgan fingerprint density at radius 1 is 1.22 bits per heavy atom. The van der Waals surface area contributed by atoms with Crippen LogP contribution in [0.25, 0.3) is 0 Å². The van der Waals surface area contributed by atoms with Gasteiger partial charge in [-0.25, -0.2) is 0 Å². The van der Waals surface area contributed by atoms with Gasteiger partial charge in [0, 0.05) is 19.1 Å². The number of likely N-dealkylation sites (tertiary alicyclic amines) is 1. The van der Waals surface area contributed by atoms with Crippen LogP contribution in [-0.4, -0.2) is 29.9 Å². The van der Waals surface area contributed by atoms with Crippen LogP contribution in [0.2, 0.25) is 0 Å². The molecule has 0 bridgehead atoms. The minimum atomic E-state index is 0.